The molecular weight excluding hydrogens is 338 g/mol. The van der Waals surface area contributed by atoms with Gasteiger partial charge in [-0.3, -0.25) is 9.59 Å². The first-order valence-corrected chi connectivity index (χ1v) is 7.49. The van der Waals surface area contributed by atoms with Crippen molar-refractivity contribution >= 4 is 45.6 Å². The van der Waals surface area contributed by atoms with Crippen molar-refractivity contribution in [1.82, 2.24) is 0 Å². The fourth-order valence-corrected chi connectivity index (χ4v) is 2.91. The maximum absolute atomic E-state index is 11.1. The number of hydrogen-bond acceptors (Lipinski definition) is 3. The zero-order valence-electron chi connectivity index (χ0n) is 10.7. The van der Waals surface area contributed by atoms with E-state index in [1.807, 2.05) is 36.4 Å². The van der Waals surface area contributed by atoms with Crippen molar-refractivity contribution in [3.63, 3.8) is 0 Å². The fraction of sp³-hybridized carbons (Fsp3) is 0.0667. The number of benzene rings is 2. The number of hydrogen-bond donors (Lipinski definition) is 1. The van der Waals surface area contributed by atoms with E-state index in [1.54, 1.807) is 6.07 Å². The van der Waals surface area contributed by atoms with Gasteiger partial charge in [-0.15, -0.1) is 0 Å². The SMILES string of the molecule is CC(=O)Nc1ccc(Sc2ccc(Br)cc2C=O)cc1. The van der Waals surface area contributed by atoms with Gasteiger partial charge in [-0.25, -0.2) is 0 Å². The van der Waals surface area contributed by atoms with Gasteiger partial charge in [-0.2, -0.15) is 0 Å². The Hall–Kier alpha value is -1.59. The van der Waals surface area contributed by atoms with Gasteiger partial charge in [0, 0.05) is 32.4 Å². The highest BCUT2D eigenvalue weighted by atomic mass is 79.9. The van der Waals surface area contributed by atoms with Crippen molar-refractivity contribution in [2.75, 3.05) is 5.32 Å². The highest BCUT2D eigenvalue weighted by Gasteiger charge is 2.05. The molecule has 0 saturated carbocycles. The first kappa shape index (κ1) is 14.8. The quantitative estimate of drug-likeness (QED) is 0.833. The lowest BCUT2D eigenvalue weighted by Crippen LogP contribution is -2.05. The van der Waals surface area contributed by atoms with Crippen LogP contribution >= 0.6 is 27.7 Å². The largest absolute Gasteiger partial charge is 0.326 e. The number of rotatable bonds is 4. The average molecular weight is 350 g/mol. The van der Waals surface area contributed by atoms with Crippen molar-refractivity contribution < 1.29 is 9.59 Å². The third kappa shape index (κ3) is 3.95. The number of anilines is 1. The van der Waals surface area contributed by atoms with E-state index >= 15 is 0 Å². The molecule has 2 aromatic carbocycles. The number of halogens is 1. The maximum Gasteiger partial charge on any atom is 0.221 e. The van der Waals surface area contributed by atoms with Crippen LogP contribution in [0, 0.1) is 0 Å². The lowest BCUT2D eigenvalue weighted by molar-refractivity contribution is -0.114. The molecule has 0 spiro atoms. The molecule has 0 fully saturated rings. The van der Waals surface area contributed by atoms with Gasteiger partial charge in [0.25, 0.3) is 0 Å². The van der Waals surface area contributed by atoms with E-state index in [2.05, 4.69) is 21.2 Å². The summed E-state index contributed by atoms with van der Waals surface area (Å²) < 4.78 is 0.880. The first-order valence-electron chi connectivity index (χ1n) is 5.89. The normalized spacial score (nSPS) is 10.1. The van der Waals surface area contributed by atoms with Crippen LogP contribution in [0.2, 0.25) is 0 Å². The molecule has 0 aromatic heterocycles. The van der Waals surface area contributed by atoms with Gasteiger partial charge in [0.15, 0.2) is 6.29 Å². The molecule has 0 radical (unpaired) electrons. The van der Waals surface area contributed by atoms with E-state index in [9.17, 15) is 9.59 Å². The van der Waals surface area contributed by atoms with Crippen LogP contribution in [0.5, 0.6) is 0 Å². The van der Waals surface area contributed by atoms with Crippen LogP contribution in [0.25, 0.3) is 0 Å². The van der Waals surface area contributed by atoms with Crippen LogP contribution in [0.15, 0.2) is 56.7 Å². The Morgan fingerprint density at radius 2 is 1.90 bits per heavy atom. The molecule has 1 N–H and O–H groups in total. The lowest BCUT2D eigenvalue weighted by atomic mass is 10.2. The molecule has 20 heavy (non-hydrogen) atoms. The third-order valence-corrected chi connectivity index (χ3v) is 4.09. The Morgan fingerprint density at radius 3 is 2.50 bits per heavy atom. The summed E-state index contributed by atoms with van der Waals surface area (Å²) in [6.07, 6.45) is 0.846. The number of nitrogens with one attached hydrogen (secondary N) is 1. The molecule has 0 saturated heterocycles. The van der Waals surface area contributed by atoms with Crippen molar-refractivity contribution in [1.29, 1.82) is 0 Å². The Bertz CT molecular complexity index is 641. The standard InChI is InChI=1S/C15H12BrNO2S/c1-10(19)17-13-3-5-14(6-4-13)20-15-7-2-12(16)8-11(15)9-18/h2-9H,1H3,(H,17,19). The van der Waals surface area contributed by atoms with Crippen LogP contribution in [0.4, 0.5) is 5.69 Å². The third-order valence-electron chi connectivity index (χ3n) is 2.50. The molecule has 102 valence electrons. The first-order chi connectivity index (χ1) is 9.58. The summed E-state index contributed by atoms with van der Waals surface area (Å²) in [6.45, 7) is 1.47. The second-order valence-electron chi connectivity index (χ2n) is 4.11. The minimum absolute atomic E-state index is 0.0958. The smallest absolute Gasteiger partial charge is 0.221 e. The van der Waals surface area contributed by atoms with Crippen molar-refractivity contribution in [3.05, 3.63) is 52.5 Å². The maximum atomic E-state index is 11.1. The van der Waals surface area contributed by atoms with Gasteiger partial charge < -0.3 is 5.32 Å². The van der Waals surface area contributed by atoms with Crippen LogP contribution in [-0.4, -0.2) is 12.2 Å². The van der Waals surface area contributed by atoms with Crippen LogP contribution in [0.1, 0.15) is 17.3 Å². The van der Waals surface area contributed by atoms with E-state index in [0.29, 0.717) is 5.56 Å². The predicted octanol–water partition coefficient (Wildman–Crippen LogP) is 4.37. The van der Waals surface area contributed by atoms with Gasteiger partial charge in [0.1, 0.15) is 0 Å². The molecule has 0 unspecified atom stereocenters. The molecule has 0 heterocycles. The Labute approximate surface area is 129 Å². The van der Waals surface area contributed by atoms with E-state index in [1.165, 1.54) is 18.7 Å². The van der Waals surface area contributed by atoms with Crippen molar-refractivity contribution in [2.45, 2.75) is 16.7 Å². The van der Waals surface area contributed by atoms with Crippen LogP contribution in [-0.2, 0) is 4.79 Å². The van der Waals surface area contributed by atoms with Crippen LogP contribution < -0.4 is 5.32 Å². The number of carbonyl (C=O) groups excluding carboxylic acids is 2. The van der Waals surface area contributed by atoms with E-state index in [4.69, 9.17) is 0 Å². The zero-order chi connectivity index (χ0) is 14.5. The van der Waals surface area contributed by atoms with E-state index in [-0.39, 0.29) is 5.91 Å². The Morgan fingerprint density at radius 1 is 1.20 bits per heavy atom. The van der Waals surface area contributed by atoms with Gasteiger partial charge >= 0.3 is 0 Å². The van der Waals surface area contributed by atoms with E-state index in [0.717, 1.165) is 26.2 Å². The molecule has 2 rings (SSSR count). The van der Waals surface area contributed by atoms with Gasteiger partial charge in [0.2, 0.25) is 5.91 Å². The lowest BCUT2D eigenvalue weighted by Gasteiger charge is -2.07. The summed E-state index contributed by atoms with van der Waals surface area (Å²) in [7, 11) is 0. The molecular formula is C15H12BrNO2S. The topological polar surface area (TPSA) is 46.2 Å². The molecule has 0 aliphatic rings. The molecule has 0 aliphatic carbocycles. The monoisotopic (exact) mass is 349 g/mol. The summed E-state index contributed by atoms with van der Waals surface area (Å²) in [6, 6.07) is 13.1. The summed E-state index contributed by atoms with van der Waals surface area (Å²) >= 11 is 4.86. The molecule has 0 bridgehead atoms. The Balaban J connectivity index is 2.18. The molecule has 1 amide bonds. The van der Waals surface area contributed by atoms with Crippen molar-refractivity contribution in [3.8, 4) is 0 Å². The number of amides is 1. The second-order valence-corrected chi connectivity index (χ2v) is 6.14. The molecule has 3 nitrogen and oxygen atoms in total. The molecule has 2 aromatic rings. The average Bonchev–Trinajstić information content (AvgIpc) is 2.42. The summed E-state index contributed by atoms with van der Waals surface area (Å²) in [5.74, 6) is -0.0958. The summed E-state index contributed by atoms with van der Waals surface area (Å²) in [4.78, 5) is 23.9. The van der Waals surface area contributed by atoms with Crippen LogP contribution in [0.3, 0.4) is 0 Å². The van der Waals surface area contributed by atoms with Crippen molar-refractivity contribution in [2.24, 2.45) is 0 Å². The fourth-order valence-electron chi connectivity index (χ4n) is 1.64. The van der Waals surface area contributed by atoms with Gasteiger partial charge in [-0.05, 0) is 42.5 Å². The number of carbonyl (C=O) groups is 2. The predicted molar refractivity (Wildman–Crippen MR) is 84.4 cm³/mol. The summed E-state index contributed by atoms with van der Waals surface area (Å²) in [5.41, 5.74) is 1.41. The highest BCUT2D eigenvalue weighted by molar-refractivity contribution is 9.10. The zero-order valence-corrected chi connectivity index (χ0v) is 13.1. The molecule has 0 aliphatic heterocycles. The van der Waals surface area contributed by atoms with Gasteiger partial charge in [0.05, 0.1) is 0 Å². The second kappa shape index (κ2) is 6.72. The minimum Gasteiger partial charge on any atom is -0.326 e. The van der Waals surface area contributed by atoms with Gasteiger partial charge in [-0.1, -0.05) is 27.7 Å². The number of aldehydes is 1. The Kier molecular flexibility index (Phi) is 4.98. The van der Waals surface area contributed by atoms with E-state index < -0.39 is 0 Å². The minimum atomic E-state index is -0.0958. The molecule has 5 heteroatoms. The molecule has 0 atom stereocenters. The highest BCUT2D eigenvalue weighted by Crippen LogP contribution is 2.32. The summed E-state index contributed by atoms with van der Waals surface area (Å²) in [5, 5.41) is 2.72.